The van der Waals surface area contributed by atoms with Crippen molar-refractivity contribution in [1.29, 1.82) is 0 Å². The first-order chi connectivity index (χ1) is 15.2. The molecule has 0 aliphatic carbocycles. The van der Waals surface area contributed by atoms with Crippen molar-refractivity contribution in [2.45, 2.75) is 32.0 Å². The third-order valence-corrected chi connectivity index (χ3v) is 6.55. The minimum atomic E-state index is -0.170. The molecule has 2 aliphatic heterocycles. The summed E-state index contributed by atoms with van der Waals surface area (Å²) >= 11 is 0. The van der Waals surface area contributed by atoms with Crippen LogP contribution in [-0.4, -0.2) is 69.3 Å². The minimum absolute atomic E-state index is 0.170. The molecule has 4 rings (SSSR count). The Morgan fingerprint density at radius 1 is 0.968 bits per heavy atom. The average Bonchev–Trinajstić information content (AvgIpc) is 2.80. The van der Waals surface area contributed by atoms with Gasteiger partial charge in [0.25, 0.3) is 0 Å². The summed E-state index contributed by atoms with van der Waals surface area (Å²) in [4.78, 5) is 7.60. The highest BCUT2D eigenvalue weighted by Gasteiger charge is 2.28. The maximum absolute atomic E-state index is 13.2. The predicted octanol–water partition coefficient (Wildman–Crippen LogP) is 3.77. The van der Waals surface area contributed by atoms with Crippen LogP contribution in [0.15, 0.2) is 42.5 Å². The summed E-state index contributed by atoms with van der Waals surface area (Å²) < 4.78 is 24.0. The number of benzene rings is 2. The summed E-state index contributed by atoms with van der Waals surface area (Å²) in [6.07, 6.45) is 2.51. The lowest BCUT2D eigenvalue weighted by Crippen LogP contribution is -2.55. The van der Waals surface area contributed by atoms with E-state index >= 15 is 0 Å². The summed E-state index contributed by atoms with van der Waals surface area (Å²) in [7, 11) is 3.43. The second kappa shape index (κ2) is 10.4. The largest absolute Gasteiger partial charge is 0.496 e. The molecule has 6 heteroatoms. The number of hydrogen-bond acceptors (Lipinski definition) is 5. The second-order valence-electron chi connectivity index (χ2n) is 8.61. The SMILES string of the molecule is COCc1cc(CN2CCC[C@@H](N3CCN(c4ccc(F)cc4)CC3)C2)ccc1OC. The standard InChI is InChI=1S/C25H34FN3O2/c1-30-19-21-16-20(5-10-25(21)31-2)17-27-11-3-4-24(18-27)29-14-12-28(13-15-29)23-8-6-22(26)7-9-23/h5-10,16,24H,3-4,11-15,17-19H2,1-2H3/t24-/m1/s1. The van der Waals surface area contributed by atoms with Crippen LogP contribution in [0, 0.1) is 5.82 Å². The zero-order valence-corrected chi connectivity index (χ0v) is 18.7. The summed E-state index contributed by atoms with van der Waals surface area (Å²) in [5.74, 6) is 0.719. The van der Waals surface area contributed by atoms with Gasteiger partial charge in [-0.25, -0.2) is 4.39 Å². The molecule has 2 heterocycles. The Hall–Kier alpha value is -2.15. The van der Waals surface area contributed by atoms with E-state index in [1.165, 1.54) is 18.4 Å². The monoisotopic (exact) mass is 427 g/mol. The number of likely N-dealkylation sites (tertiary alicyclic amines) is 1. The number of ether oxygens (including phenoxy) is 2. The van der Waals surface area contributed by atoms with E-state index in [0.29, 0.717) is 12.6 Å². The van der Waals surface area contributed by atoms with Gasteiger partial charge < -0.3 is 14.4 Å². The van der Waals surface area contributed by atoms with Crippen molar-refractivity contribution >= 4 is 5.69 Å². The number of anilines is 1. The molecule has 2 saturated heterocycles. The van der Waals surface area contributed by atoms with Crippen LogP contribution in [0.1, 0.15) is 24.0 Å². The highest BCUT2D eigenvalue weighted by Crippen LogP contribution is 2.25. The molecule has 0 saturated carbocycles. The quantitative estimate of drug-likeness (QED) is 0.671. The highest BCUT2D eigenvalue weighted by atomic mass is 19.1. The molecule has 0 aromatic heterocycles. The van der Waals surface area contributed by atoms with Crippen molar-refractivity contribution in [1.82, 2.24) is 9.80 Å². The smallest absolute Gasteiger partial charge is 0.124 e. The van der Waals surface area contributed by atoms with Crippen LogP contribution in [0.25, 0.3) is 0 Å². The van der Waals surface area contributed by atoms with E-state index < -0.39 is 0 Å². The Morgan fingerprint density at radius 2 is 1.74 bits per heavy atom. The van der Waals surface area contributed by atoms with E-state index in [9.17, 15) is 4.39 Å². The molecular formula is C25H34FN3O2. The van der Waals surface area contributed by atoms with Gasteiger partial charge >= 0.3 is 0 Å². The normalized spacial score (nSPS) is 20.7. The lowest BCUT2D eigenvalue weighted by atomic mass is 10.0. The van der Waals surface area contributed by atoms with Crippen molar-refractivity contribution in [3.8, 4) is 5.75 Å². The Morgan fingerprint density at radius 3 is 2.45 bits per heavy atom. The van der Waals surface area contributed by atoms with Crippen molar-refractivity contribution in [3.05, 3.63) is 59.4 Å². The summed E-state index contributed by atoms with van der Waals surface area (Å²) in [5, 5.41) is 0. The van der Waals surface area contributed by atoms with Gasteiger partial charge in [0, 0.05) is 63.7 Å². The number of halogens is 1. The molecule has 31 heavy (non-hydrogen) atoms. The Labute approximate surface area is 185 Å². The number of rotatable bonds is 7. The predicted molar refractivity (Wildman–Crippen MR) is 122 cm³/mol. The van der Waals surface area contributed by atoms with Gasteiger partial charge in [0.05, 0.1) is 13.7 Å². The van der Waals surface area contributed by atoms with Gasteiger partial charge in [0.15, 0.2) is 0 Å². The van der Waals surface area contributed by atoms with Gasteiger partial charge in [0.2, 0.25) is 0 Å². The molecular weight excluding hydrogens is 393 g/mol. The molecule has 0 spiro atoms. The fourth-order valence-corrected chi connectivity index (χ4v) is 4.93. The van der Waals surface area contributed by atoms with Crippen LogP contribution in [0.3, 0.4) is 0 Å². The van der Waals surface area contributed by atoms with E-state index in [4.69, 9.17) is 9.47 Å². The van der Waals surface area contributed by atoms with Crippen molar-refractivity contribution < 1.29 is 13.9 Å². The Balaban J connectivity index is 1.32. The van der Waals surface area contributed by atoms with Crippen molar-refractivity contribution in [2.24, 2.45) is 0 Å². The van der Waals surface area contributed by atoms with Crippen LogP contribution in [0.5, 0.6) is 5.75 Å². The highest BCUT2D eigenvalue weighted by molar-refractivity contribution is 5.46. The van der Waals surface area contributed by atoms with Crippen LogP contribution in [0.4, 0.5) is 10.1 Å². The Kier molecular flexibility index (Phi) is 7.43. The maximum Gasteiger partial charge on any atom is 0.124 e. The van der Waals surface area contributed by atoms with Crippen LogP contribution < -0.4 is 9.64 Å². The van der Waals surface area contributed by atoms with Gasteiger partial charge in [-0.05, 0) is 61.3 Å². The van der Waals surface area contributed by atoms with Crippen molar-refractivity contribution in [3.63, 3.8) is 0 Å². The fraction of sp³-hybridized carbons (Fsp3) is 0.520. The van der Waals surface area contributed by atoms with Crippen LogP contribution in [0.2, 0.25) is 0 Å². The zero-order chi connectivity index (χ0) is 21.6. The number of hydrogen-bond donors (Lipinski definition) is 0. The summed E-state index contributed by atoms with van der Waals surface area (Å²) in [6, 6.07) is 13.9. The Bertz CT molecular complexity index is 837. The third-order valence-electron chi connectivity index (χ3n) is 6.55. The van der Waals surface area contributed by atoms with Gasteiger partial charge in [-0.1, -0.05) is 6.07 Å². The van der Waals surface area contributed by atoms with Crippen LogP contribution >= 0.6 is 0 Å². The second-order valence-corrected chi connectivity index (χ2v) is 8.61. The zero-order valence-electron chi connectivity index (χ0n) is 18.7. The number of piperidine rings is 1. The van der Waals surface area contributed by atoms with Crippen molar-refractivity contribution in [2.75, 3.05) is 58.4 Å². The summed E-state index contributed by atoms with van der Waals surface area (Å²) in [6.45, 7) is 7.93. The third kappa shape index (κ3) is 5.56. The molecule has 168 valence electrons. The van der Waals surface area contributed by atoms with Gasteiger partial charge in [-0.15, -0.1) is 0 Å². The lowest BCUT2D eigenvalue weighted by Gasteiger charge is -2.44. The first kappa shape index (κ1) is 22.1. The molecule has 0 unspecified atom stereocenters. The molecule has 5 nitrogen and oxygen atoms in total. The molecule has 2 aliphatic rings. The summed E-state index contributed by atoms with van der Waals surface area (Å²) in [5.41, 5.74) is 3.54. The number of nitrogens with zero attached hydrogens (tertiary/aromatic N) is 3. The van der Waals surface area contributed by atoms with E-state index in [0.717, 1.165) is 62.8 Å². The number of methoxy groups -OCH3 is 2. The molecule has 0 radical (unpaired) electrons. The molecule has 0 bridgehead atoms. The minimum Gasteiger partial charge on any atom is -0.496 e. The van der Waals surface area contributed by atoms with E-state index in [1.54, 1.807) is 26.4 Å². The molecule has 2 fully saturated rings. The average molecular weight is 428 g/mol. The molecule has 2 aromatic carbocycles. The first-order valence-corrected chi connectivity index (χ1v) is 11.3. The first-order valence-electron chi connectivity index (χ1n) is 11.3. The fourth-order valence-electron chi connectivity index (χ4n) is 4.93. The van der Waals surface area contributed by atoms with E-state index in [2.05, 4.69) is 32.9 Å². The van der Waals surface area contributed by atoms with Gasteiger partial charge in [-0.3, -0.25) is 9.80 Å². The maximum atomic E-state index is 13.2. The van der Waals surface area contributed by atoms with Gasteiger partial charge in [0.1, 0.15) is 11.6 Å². The number of piperazine rings is 1. The van der Waals surface area contributed by atoms with E-state index in [-0.39, 0.29) is 5.82 Å². The topological polar surface area (TPSA) is 28.2 Å². The molecule has 2 aromatic rings. The van der Waals surface area contributed by atoms with Crippen LogP contribution in [-0.2, 0) is 17.9 Å². The lowest BCUT2D eigenvalue weighted by molar-refractivity contribution is 0.0887. The van der Waals surface area contributed by atoms with Gasteiger partial charge in [-0.2, -0.15) is 0 Å². The molecule has 0 amide bonds. The van der Waals surface area contributed by atoms with E-state index in [1.807, 2.05) is 12.1 Å². The molecule has 0 N–H and O–H groups in total. The molecule has 1 atom stereocenters.